The lowest BCUT2D eigenvalue weighted by Gasteiger charge is -2.17. The normalized spacial score (nSPS) is 11.7. The Morgan fingerprint density at radius 3 is 1.82 bits per heavy atom. The van der Waals surface area contributed by atoms with Gasteiger partial charge in [-0.25, -0.2) is 15.0 Å². The lowest BCUT2D eigenvalue weighted by Crippen LogP contribution is -2.01. The highest BCUT2D eigenvalue weighted by Gasteiger charge is 2.19. The van der Waals surface area contributed by atoms with Crippen LogP contribution in [0.2, 0.25) is 0 Å². The Morgan fingerprint density at radius 1 is 0.327 bits per heavy atom. The minimum absolute atomic E-state index is 0.650. The maximum atomic E-state index is 5.25. The second kappa shape index (κ2) is 11.2. The molecule has 0 radical (unpaired) electrons. The quantitative estimate of drug-likeness (QED) is 0.142. The SMILES string of the molecule is c1ccc(-c2nc(-c3ccc4sc5ccccc5c4c3)nc(-c3ccccc3-c3c4ccccc4cc4c3ccc3ccccc34)n2)cc1. The Bertz CT molecular complexity index is 2890. The molecular weight excluding hydrogens is 615 g/mol. The number of hydrogen-bond donors (Lipinski definition) is 0. The molecule has 0 amide bonds. The summed E-state index contributed by atoms with van der Waals surface area (Å²) < 4.78 is 2.53. The first-order valence-corrected chi connectivity index (χ1v) is 17.3. The van der Waals surface area contributed by atoms with Crippen molar-refractivity contribution in [3.63, 3.8) is 0 Å². The van der Waals surface area contributed by atoms with Gasteiger partial charge >= 0.3 is 0 Å². The predicted octanol–water partition coefficient (Wildman–Crippen LogP) is 12.4. The van der Waals surface area contributed by atoms with Gasteiger partial charge in [-0.2, -0.15) is 0 Å². The van der Waals surface area contributed by atoms with Gasteiger partial charge in [-0.15, -0.1) is 11.3 Å². The van der Waals surface area contributed by atoms with Crippen molar-refractivity contribution in [2.45, 2.75) is 0 Å². The molecule has 49 heavy (non-hydrogen) atoms. The Hall–Kier alpha value is -6.23. The molecule has 8 aromatic carbocycles. The van der Waals surface area contributed by atoms with Gasteiger partial charge in [-0.3, -0.25) is 0 Å². The fourth-order valence-electron chi connectivity index (χ4n) is 7.21. The third-order valence-corrected chi connectivity index (χ3v) is 10.7. The molecule has 0 atom stereocenters. The van der Waals surface area contributed by atoms with Gasteiger partial charge in [0.2, 0.25) is 0 Å². The molecule has 3 nitrogen and oxygen atoms in total. The summed E-state index contributed by atoms with van der Waals surface area (Å²) in [6.45, 7) is 0. The van der Waals surface area contributed by atoms with Gasteiger partial charge in [0.05, 0.1) is 0 Å². The van der Waals surface area contributed by atoms with Crippen LogP contribution >= 0.6 is 11.3 Å². The van der Waals surface area contributed by atoms with E-state index in [4.69, 9.17) is 15.0 Å². The van der Waals surface area contributed by atoms with Gasteiger partial charge in [-0.05, 0) is 73.8 Å². The van der Waals surface area contributed by atoms with Crippen molar-refractivity contribution in [1.29, 1.82) is 0 Å². The summed E-state index contributed by atoms with van der Waals surface area (Å²) in [6, 6.07) is 58.1. The van der Waals surface area contributed by atoms with Crippen LogP contribution < -0.4 is 0 Å². The first-order chi connectivity index (χ1) is 24.3. The topological polar surface area (TPSA) is 38.7 Å². The van der Waals surface area contributed by atoms with Crippen LogP contribution in [0.15, 0.2) is 164 Å². The van der Waals surface area contributed by atoms with Crippen LogP contribution in [0, 0.1) is 0 Å². The smallest absolute Gasteiger partial charge is 0.164 e. The van der Waals surface area contributed by atoms with Crippen LogP contribution in [0.5, 0.6) is 0 Å². The number of rotatable bonds is 4. The predicted molar refractivity (Wildman–Crippen MR) is 207 cm³/mol. The zero-order valence-corrected chi connectivity index (χ0v) is 27.2. The molecule has 10 aromatic rings. The van der Waals surface area contributed by atoms with Crippen molar-refractivity contribution < 1.29 is 0 Å². The first-order valence-electron chi connectivity index (χ1n) is 16.4. The van der Waals surface area contributed by atoms with E-state index in [9.17, 15) is 0 Å². The highest BCUT2D eigenvalue weighted by atomic mass is 32.1. The van der Waals surface area contributed by atoms with Crippen molar-refractivity contribution in [2.24, 2.45) is 0 Å². The van der Waals surface area contributed by atoms with Crippen molar-refractivity contribution in [3.8, 4) is 45.3 Å². The van der Waals surface area contributed by atoms with Crippen molar-refractivity contribution >= 4 is 63.8 Å². The lowest BCUT2D eigenvalue weighted by molar-refractivity contribution is 1.08. The third-order valence-electron chi connectivity index (χ3n) is 9.51. The van der Waals surface area contributed by atoms with Crippen LogP contribution in [-0.4, -0.2) is 15.0 Å². The Kier molecular flexibility index (Phi) is 6.36. The summed E-state index contributed by atoms with van der Waals surface area (Å²) in [4.78, 5) is 15.5. The summed E-state index contributed by atoms with van der Waals surface area (Å²) in [5, 5.41) is 9.79. The first kappa shape index (κ1) is 27.8. The molecule has 2 heterocycles. The highest BCUT2D eigenvalue weighted by molar-refractivity contribution is 7.25. The molecule has 0 bridgehead atoms. The number of benzene rings is 8. The van der Waals surface area contributed by atoms with E-state index < -0.39 is 0 Å². The van der Waals surface area contributed by atoms with Gasteiger partial charge in [-0.1, -0.05) is 133 Å². The minimum Gasteiger partial charge on any atom is -0.208 e. The molecule has 0 N–H and O–H groups in total. The van der Waals surface area contributed by atoms with Crippen molar-refractivity contribution in [3.05, 3.63) is 164 Å². The number of nitrogens with zero attached hydrogens (tertiary/aromatic N) is 3. The summed E-state index contributed by atoms with van der Waals surface area (Å²) in [6.07, 6.45) is 0. The van der Waals surface area contributed by atoms with Crippen LogP contribution in [-0.2, 0) is 0 Å². The van der Waals surface area contributed by atoms with Gasteiger partial charge < -0.3 is 0 Å². The molecule has 10 rings (SSSR count). The maximum Gasteiger partial charge on any atom is 0.164 e. The van der Waals surface area contributed by atoms with E-state index in [0.717, 1.165) is 22.3 Å². The van der Waals surface area contributed by atoms with Crippen LogP contribution in [0.1, 0.15) is 0 Å². The van der Waals surface area contributed by atoms with E-state index in [1.54, 1.807) is 0 Å². The Labute approximate surface area is 286 Å². The number of hydrogen-bond acceptors (Lipinski definition) is 4. The molecule has 0 saturated carbocycles. The van der Waals surface area contributed by atoms with E-state index in [1.165, 1.54) is 58.1 Å². The number of fused-ring (bicyclic) bond motifs is 7. The zero-order chi connectivity index (χ0) is 32.3. The molecule has 0 spiro atoms. The zero-order valence-electron chi connectivity index (χ0n) is 26.3. The fourth-order valence-corrected chi connectivity index (χ4v) is 8.30. The third kappa shape index (κ3) is 4.61. The lowest BCUT2D eigenvalue weighted by atomic mass is 9.88. The molecule has 0 aliphatic rings. The van der Waals surface area contributed by atoms with Crippen LogP contribution in [0.3, 0.4) is 0 Å². The molecule has 0 saturated heterocycles. The molecule has 2 aromatic heterocycles. The molecule has 0 fully saturated rings. The van der Waals surface area contributed by atoms with E-state index in [1.807, 2.05) is 29.5 Å². The number of aromatic nitrogens is 3. The van der Waals surface area contributed by atoms with Gasteiger partial charge in [0, 0.05) is 36.9 Å². The summed E-state index contributed by atoms with van der Waals surface area (Å²) >= 11 is 1.81. The molecular formula is C45H27N3S. The second-order valence-corrected chi connectivity index (χ2v) is 13.5. The van der Waals surface area contributed by atoms with Crippen molar-refractivity contribution in [2.75, 3.05) is 0 Å². The largest absolute Gasteiger partial charge is 0.208 e. The monoisotopic (exact) mass is 641 g/mol. The number of thiophene rings is 1. The summed E-state index contributed by atoms with van der Waals surface area (Å²) in [5.74, 6) is 1.96. The average Bonchev–Trinajstić information content (AvgIpc) is 3.55. The molecule has 0 unspecified atom stereocenters. The summed E-state index contributed by atoms with van der Waals surface area (Å²) in [5.41, 5.74) is 5.17. The molecule has 0 aliphatic heterocycles. The highest BCUT2D eigenvalue weighted by Crippen LogP contribution is 2.43. The van der Waals surface area contributed by atoms with Gasteiger partial charge in [0.15, 0.2) is 17.5 Å². The van der Waals surface area contributed by atoms with E-state index >= 15 is 0 Å². The molecule has 228 valence electrons. The Morgan fingerprint density at radius 2 is 0.959 bits per heavy atom. The standard InChI is InChI=1S/C45H27N3S/c1-2-13-29(14-3-1)43-46-44(31-23-25-41-39(27-31)34-18-10-11-21-40(34)49-41)48-45(47-43)37-20-9-8-19-35(37)42-33-17-7-5-15-30(33)26-38-32-16-6-4-12-28(32)22-24-36(38)42/h1-27H. The van der Waals surface area contributed by atoms with Gasteiger partial charge in [0.25, 0.3) is 0 Å². The van der Waals surface area contributed by atoms with Crippen LogP contribution in [0.25, 0.3) is 97.8 Å². The van der Waals surface area contributed by atoms with E-state index in [-0.39, 0.29) is 0 Å². The second-order valence-electron chi connectivity index (χ2n) is 12.4. The molecule has 4 heteroatoms. The Balaban J connectivity index is 1.25. The average molecular weight is 642 g/mol. The van der Waals surface area contributed by atoms with Crippen LogP contribution in [0.4, 0.5) is 0 Å². The van der Waals surface area contributed by atoms with E-state index in [0.29, 0.717) is 17.5 Å². The molecule has 0 aliphatic carbocycles. The van der Waals surface area contributed by atoms with E-state index in [2.05, 4.69) is 146 Å². The minimum atomic E-state index is 0.650. The summed E-state index contributed by atoms with van der Waals surface area (Å²) in [7, 11) is 0. The maximum absolute atomic E-state index is 5.25. The van der Waals surface area contributed by atoms with Gasteiger partial charge in [0.1, 0.15) is 0 Å². The van der Waals surface area contributed by atoms with Crippen molar-refractivity contribution in [1.82, 2.24) is 15.0 Å². The fraction of sp³-hybridized carbons (Fsp3) is 0.